The van der Waals surface area contributed by atoms with Gasteiger partial charge in [0.05, 0.1) is 5.69 Å². The van der Waals surface area contributed by atoms with E-state index in [4.69, 9.17) is 12.2 Å². The topological polar surface area (TPSA) is 41.9 Å². The summed E-state index contributed by atoms with van der Waals surface area (Å²) in [6.07, 6.45) is 3.70. The van der Waals surface area contributed by atoms with Crippen molar-refractivity contribution >= 4 is 23.0 Å². The standard InChI is InChI=1S/C19H20N4S/c1-14-4-5-15(2)18(12-14)22-19(24)20-13-16-6-8-17(9-7-16)23-11-3-10-21-23/h3-12H,13H2,1-2H3,(H2,20,22,24). The van der Waals surface area contributed by atoms with E-state index in [0.717, 1.165) is 16.9 Å². The molecular formula is C19H20N4S. The number of anilines is 1. The minimum atomic E-state index is 0.625. The highest BCUT2D eigenvalue weighted by atomic mass is 32.1. The first-order valence-electron chi connectivity index (χ1n) is 7.83. The van der Waals surface area contributed by atoms with Gasteiger partial charge in [0.15, 0.2) is 5.11 Å². The Kier molecular flexibility index (Phi) is 4.91. The summed E-state index contributed by atoms with van der Waals surface area (Å²) in [5.74, 6) is 0. The fourth-order valence-electron chi connectivity index (χ4n) is 2.41. The van der Waals surface area contributed by atoms with Crippen molar-refractivity contribution in [1.82, 2.24) is 15.1 Å². The van der Waals surface area contributed by atoms with Crippen LogP contribution in [-0.2, 0) is 6.54 Å². The Morgan fingerprint density at radius 3 is 2.62 bits per heavy atom. The van der Waals surface area contributed by atoms with Crippen LogP contribution in [-0.4, -0.2) is 14.9 Å². The molecule has 1 aromatic heterocycles. The molecule has 2 N–H and O–H groups in total. The van der Waals surface area contributed by atoms with Gasteiger partial charge in [-0.15, -0.1) is 0 Å². The van der Waals surface area contributed by atoms with E-state index in [0.29, 0.717) is 11.7 Å². The average Bonchev–Trinajstić information content (AvgIpc) is 3.11. The van der Waals surface area contributed by atoms with Crippen LogP contribution in [0.2, 0.25) is 0 Å². The molecule has 4 nitrogen and oxygen atoms in total. The van der Waals surface area contributed by atoms with Gasteiger partial charge in [-0.3, -0.25) is 0 Å². The van der Waals surface area contributed by atoms with Crippen LogP contribution < -0.4 is 10.6 Å². The Morgan fingerprint density at radius 1 is 1.12 bits per heavy atom. The van der Waals surface area contributed by atoms with Crippen LogP contribution in [0.3, 0.4) is 0 Å². The first-order chi connectivity index (χ1) is 11.6. The van der Waals surface area contributed by atoms with E-state index >= 15 is 0 Å². The van der Waals surface area contributed by atoms with E-state index in [1.165, 1.54) is 11.1 Å². The van der Waals surface area contributed by atoms with Crippen LogP contribution >= 0.6 is 12.2 Å². The molecule has 0 spiro atoms. The van der Waals surface area contributed by atoms with Crippen molar-refractivity contribution in [3.8, 4) is 5.69 Å². The second kappa shape index (κ2) is 7.27. The summed E-state index contributed by atoms with van der Waals surface area (Å²) < 4.78 is 1.84. The number of hydrogen-bond acceptors (Lipinski definition) is 2. The number of benzene rings is 2. The lowest BCUT2D eigenvalue weighted by Gasteiger charge is -2.13. The molecule has 0 fully saturated rings. The molecule has 0 bridgehead atoms. The van der Waals surface area contributed by atoms with E-state index in [2.05, 4.69) is 59.9 Å². The minimum Gasteiger partial charge on any atom is -0.358 e. The number of aromatic nitrogens is 2. The summed E-state index contributed by atoms with van der Waals surface area (Å²) in [7, 11) is 0. The number of aryl methyl sites for hydroxylation is 2. The molecule has 3 aromatic rings. The molecule has 5 heteroatoms. The zero-order chi connectivity index (χ0) is 16.9. The lowest BCUT2D eigenvalue weighted by molar-refractivity contribution is 0.874. The zero-order valence-corrected chi connectivity index (χ0v) is 14.6. The Balaban J connectivity index is 1.57. The first kappa shape index (κ1) is 16.2. The third kappa shape index (κ3) is 4.00. The van der Waals surface area contributed by atoms with Gasteiger partial charge >= 0.3 is 0 Å². The molecule has 0 aliphatic carbocycles. The molecule has 0 aliphatic heterocycles. The third-order valence-corrected chi connectivity index (χ3v) is 4.05. The molecule has 0 atom stereocenters. The quantitative estimate of drug-likeness (QED) is 0.707. The fraction of sp³-hybridized carbons (Fsp3) is 0.158. The number of rotatable bonds is 4. The largest absolute Gasteiger partial charge is 0.358 e. The molecule has 3 rings (SSSR count). The number of nitrogens with one attached hydrogen (secondary N) is 2. The van der Waals surface area contributed by atoms with Crippen LogP contribution in [0.15, 0.2) is 60.9 Å². The number of hydrogen-bond donors (Lipinski definition) is 2. The summed E-state index contributed by atoms with van der Waals surface area (Å²) >= 11 is 5.39. The SMILES string of the molecule is Cc1ccc(C)c(NC(=S)NCc2ccc(-n3cccn3)cc2)c1. The highest BCUT2D eigenvalue weighted by Crippen LogP contribution is 2.16. The number of thiocarbonyl (C=S) groups is 1. The number of nitrogens with zero attached hydrogens (tertiary/aromatic N) is 2. The first-order valence-corrected chi connectivity index (χ1v) is 8.24. The molecule has 122 valence electrons. The van der Waals surface area contributed by atoms with Gasteiger partial charge < -0.3 is 10.6 Å². The van der Waals surface area contributed by atoms with Gasteiger partial charge in [0, 0.05) is 24.6 Å². The molecule has 0 saturated carbocycles. The smallest absolute Gasteiger partial charge is 0.171 e. The summed E-state index contributed by atoms with van der Waals surface area (Å²) in [6.45, 7) is 4.82. The molecular weight excluding hydrogens is 316 g/mol. The van der Waals surface area contributed by atoms with E-state index < -0.39 is 0 Å². The summed E-state index contributed by atoms with van der Waals surface area (Å²) in [5.41, 5.74) is 5.63. The van der Waals surface area contributed by atoms with Crippen LogP contribution in [0.5, 0.6) is 0 Å². The van der Waals surface area contributed by atoms with Crippen LogP contribution in [0.25, 0.3) is 5.69 Å². The van der Waals surface area contributed by atoms with Crippen LogP contribution in [0.4, 0.5) is 5.69 Å². The van der Waals surface area contributed by atoms with Crippen molar-refractivity contribution in [2.75, 3.05) is 5.32 Å². The second-order valence-electron chi connectivity index (χ2n) is 5.74. The summed E-state index contributed by atoms with van der Waals surface area (Å²) in [4.78, 5) is 0. The highest BCUT2D eigenvalue weighted by molar-refractivity contribution is 7.80. The zero-order valence-electron chi connectivity index (χ0n) is 13.8. The lowest BCUT2D eigenvalue weighted by atomic mass is 10.1. The molecule has 0 radical (unpaired) electrons. The minimum absolute atomic E-state index is 0.625. The monoisotopic (exact) mass is 336 g/mol. The van der Waals surface area contributed by atoms with Gasteiger partial charge in [-0.2, -0.15) is 5.10 Å². The maximum absolute atomic E-state index is 5.39. The van der Waals surface area contributed by atoms with Crippen molar-refractivity contribution < 1.29 is 0 Å². The van der Waals surface area contributed by atoms with Crippen molar-refractivity contribution in [2.45, 2.75) is 20.4 Å². The van der Waals surface area contributed by atoms with Gasteiger partial charge in [-0.1, -0.05) is 24.3 Å². The van der Waals surface area contributed by atoms with E-state index in [-0.39, 0.29) is 0 Å². The summed E-state index contributed by atoms with van der Waals surface area (Å²) in [5, 5.41) is 11.4. The molecule has 0 aliphatic rings. The average molecular weight is 336 g/mol. The molecule has 1 heterocycles. The normalized spacial score (nSPS) is 10.4. The van der Waals surface area contributed by atoms with Crippen molar-refractivity contribution in [3.05, 3.63) is 77.6 Å². The predicted octanol–water partition coefficient (Wildman–Crippen LogP) is 3.98. The predicted molar refractivity (Wildman–Crippen MR) is 103 cm³/mol. The van der Waals surface area contributed by atoms with Crippen molar-refractivity contribution in [1.29, 1.82) is 0 Å². The van der Waals surface area contributed by atoms with E-state index in [9.17, 15) is 0 Å². The molecule has 0 unspecified atom stereocenters. The second-order valence-corrected chi connectivity index (χ2v) is 6.15. The van der Waals surface area contributed by atoms with Gasteiger partial charge in [-0.25, -0.2) is 4.68 Å². The van der Waals surface area contributed by atoms with Crippen molar-refractivity contribution in [2.24, 2.45) is 0 Å². The molecule has 0 amide bonds. The van der Waals surface area contributed by atoms with Crippen LogP contribution in [0, 0.1) is 13.8 Å². The summed E-state index contributed by atoms with van der Waals surface area (Å²) in [6, 6.07) is 16.4. The van der Waals surface area contributed by atoms with E-state index in [1.54, 1.807) is 6.20 Å². The Morgan fingerprint density at radius 2 is 1.92 bits per heavy atom. The van der Waals surface area contributed by atoms with Gasteiger partial charge in [0.1, 0.15) is 0 Å². The third-order valence-electron chi connectivity index (χ3n) is 3.80. The lowest BCUT2D eigenvalue weighted by Crippen LogP contribution is -2.28. The van der Waals surface area contributed by atoms with Crippen molar-refractivity contribution in [3.63, 3.8) is 0 Å². The molecule has 2 aromatic carbocycles. The Bertz CT molecular complexity index is 823. The van der Waals surface area contributed by atoms with Gasteiger partial charge in [-0.05, 0) is 67.0 Å². The van der Waals surface area contributed by atoms with Gasteiger partial charge in [0.25, 0.3) is 0 Å². The Labute approximate surface area is 147 Å². The van der Waals surface area contributed by atoms with Crippen LogP contribution in [0.1, 0.15) is 16.7 Å². The van der Waals surface area contributed by atoms with E-state index in [1.807, 2.05) is 29.1 Å². The maximum Gasteiger partial charge on any atom is 0.171 e. The highest BCUT2D eigenvalue weighted by Gasteiger charge is 2.02. The van der Waals surface area contributed by atoms with Gasteiger partial charge in [0.2, 0.25) is 0 Å². The molecule has 24 heavy (non-hydrogen) atoms. The Hall–Kier alpha value is -2.66. The maximum atomic E-state index is 5.39. The molecule has 0 saturated heterocycles. The fourth-order valence-corrected chi connectivity index (χ4v) is 2.59.